The number of aliphatic carboxylic acids is 1. The molecule has 39 heavy (non-hydrogen) atoms. The van der Waals surface area contributed by atoms with Gasteiger partial charge in [0.05, 0.1) is 12.3 Å². The molecule has 2 aliphatic carbocycles. The minimum Gasteiger partial charge on any atom is -0.478 e. The highest BCUT2D eigenvalue weighted by molar-refractivity contribution is 7.89. The fourth-order valence-corrected chi connectivity index (χ4v) is 7.37. The quantitative estimate of drug-likeness (QED) is 0.441. The van der Waals surface area contributed by atoms with Crippen molar-refractivity contribution < 1.29 is 28.0 Å². The van der Waals surface area contributed by atoms with Crippen LogP contribution in [0.25, 0.3) is 0 Å². The number of nitrogens with zero attached hydrogens (tertiary/aromatic N) is 1. The van der Waals surface area contributed by atoms with Gasteiger partial charge in [0.15, 0.2) is 0 Å². The molecule has 0 spiro atoms. The lowest BCUT2D eigenvalue weighted by Crippen LogP contribution is -2.48. The van der Waals surface area contributed by atoms with Crippen molar-refractivity contribution in [3.05, 3.63) is 80.5 Å². The van der Waals surface area contributed by atoms with Crippen molar-refractivity contribution in [2.75, 3.05) is 12.8 Å². The minimum absolute atomic E-state index is 0.0705. The molecule has 4 unspecified atom stereocenters. The Morgan fingerprint density at radius 3 is 2.36 bits per heavy atom. The lowest BCUT2D eigenvalue weighted by Gasteiger charge is -2.38. The molecule has 6 rings (SSSR count). The molecule has 1 amide bonds. The van der Waals surface area contributed by atoms with Crippen molar-refractivity contribution in [1.82, 2.24) is 15.1 Å². The van der Waals surface area contributed by atoms with E-state index in [2.05, 4.69) is 5.32 Å². The molecule has 2 aromatic rings. The second kappa shape index (κ2) is 9.49. The van der Waals surface area contributed by atoms with Gasteiger partial charge in [0.25, 0.3) is 5.91 Å². The van der Waals surface area contributed by atoms with Crippen molar-refractivity contribution in [2.45, 2.75) is 43.3 Å². The van der Waals surface area contributed by atoms with E-state index in [0.717, 1.165) is 31.1 Å². The summed E-state index contributed by atoms with van der Waals surface area (Å²) in [6.45, 7) is 0.699. The third kappa shape index (κ3) is 4.72. The van der Waals surface area contributed by atoms with Gasteiger partial charge in [-0.05, 0) is 61.4 Å². The summed E-state index contributed by atoms with van der Waals surface area (Å²) < 4.78 is 24.9. The van der Waals surface area contributed by atoms with E-state index in [4.69, 9.17) is 28.0 Å². The summed E-state index contributed by atoms with van der Waals surface area (Å²) in [5.41, 5.74) is 1.51. The molecule has 2 saturated carbocycles. The van der Waals surface area contributed by atoms with Crippen LogP contribution in [0.15, 0.2) is 53.8 Å². The summed E-state index contributed by atoms with van der Waals surface area (Å²) in [6.07, 6.45) is 4.11. The van der Waals surface area contributed by atoms with Gasteiger partial charge in [-0.3, -0.25) is 4.79 Å². The van der Waals surface area contributed by atoms with Crippen molar-refractivity contribution in [2.24, 2.45) is 11.8 Å². The van der Waals surface area contributed by atoms with Gasteiger partial charge >= 0.3 is 5.97 Å². The molecule has 2 aliphatic heterocycles. The Bertz CT molecular complexity index is 1490. The average molecular weight is 593 g/mol. The maximum absolute atomic E-state index is 12.6. The number of fused-ring (bicyclic) bond motifs is 2. The third-order valence-corrected chi connectivity index (χ3v) is 9.38. The molecule has 0 aromatic heterocycles. The number of carboxylic acids is 1. The maximum Gasteiger partial charge on any atom is 0.337 e. The van der Waals surface area contributed by atoms with Gasteiger partial charge in [-0.15, -0.1) is 5.06 Å². The third-order valence-electron chi connectivity index (χ3n) is 8.17. The molecule has 206 valence electrons. The second-order valence-corrected chi connectivity index (χ2v) is 13.4. The number of allylic oxidation sites excluding steroid dienone is 1. The number of carboxylic acid groups (broad SMARTS) is 1. The fourth-order valence-electron chi connectivity index (χ4n) is 6.32. The van der Waals surface area contributed by atoms with Crippen LogP contribution in [0.4, 0.5) is 0 Å². The average Bonchev–Trinajstić information content (AvgIpc) is 3.36. The number of halogens is 2. The largest absolute Gasteiger partial charge is 0.478 e. The first kappa shape index (κ1) is 26.6. The Morgan fingerprint density at radius 2 is 1.77 bits per heavy atom. The van der Waals surface area contributed by atoms with E-state index in [0.29, 0.717) is 34.3 Å². The fraction of sp³-hybridized carbons (Fsp3) is 0.407. The molecule has 2 heterocycles. The molecule has 4 atom stereocenters. The summed E-state index contributed by atoms with van der Waals surface area (Å²) in [6, 6.07) is 11.2. The smallest absolute Gasteiger partial charge is 0.337 e. The predicted molar refractivity (Wildman–Crippen MR) is 144 cm³/mol. The first-order valence-corrected chi connectivity index (χ1v) is 15.4. The Labute approximate surface area is 236 Å². The number of carbonyl (C=O) groups excluding carboxylic acids is 1. The first-order valence-electron chi connectivity index (χ1n) is 12.7. The number of piperidine rings is 1. The van der Waals surface area contributed by atoms with Gasteiger partial charge in [0.2, 0.25) is 10.0 Å². The van der Waals surface area contributed by atoms with Crippen LogP contribution < -0.4 is 10.0 Å². The summed E-state index contributed by atoms with van der Waals surface area (Å²) in [5.74, 6) is -1.00. The number of hydrogen-bond donors (Lipinski definition) is 3. The number of hydrogen-bond acceptors (Lipinski definition) is 7. The zero-order valence-corrected chi connectivity index (χ0v) is 23.3. The molecule has 1 saturated heterocycles. The first-order chi connectivity index (χ1) is 18.5. The molecule has 3 fully saturated rings. The predicted octanol–water partition coefficient (Wildman–Crippen LogP) is 4.00. The van der Waals surface area contributed by atoms with Crippen LogP contribution in [0.3, 0.4) is 0 Å². The number of benzene rings is 2. The van der Waals surface area contributed by atoms with E-state index in [1.165, 1.54) is 0 Å². The van der Waals surface area contributed by atoms with Crippen molar-refractivity contribution in [3.63, 3.8) is 0 Å². The van der Waals surface area contributed by atoms with Crippen LogP contribution >= 0.6 is 23.2 Å². The van der Waals surface area contributed by atoms with Crippen LogP contribution in [0.1, 0.15) is 53.2 Å². The van der Waals surface area contributed by atoms with Gasteiger partial charge in [-0.1, -0.05) is 41.4 Å². The van der Waals surface area contributed by atoms with Crippen LogP contribution in [-0.4, -0.2) is 49.3 Å². The molecule has 3 N–H and O–H groups in total. The van der Waals surface area contributed by atoms with E-state index in [-0.39, 0.29) is 29.0 Å². The maximum atomic E-state index is 12.6. The second-order valence-electron chi connectivity index (χ2n) is 10.8. The molecular formula is C27H27Cl2N3O6S. The number of amides is 1. The summed E-state index contributed by atoms with van der Waals surface area (Å²) in [5, 5.41) is 16.5. The van der Waals surface area contributed by atoms with Crippen LogP contribution in [0, 0.1) is 11.8 Å². The number of nitrogens with one attached hydrogen (secondary N) is 2. The van der Waals surface area contributed by atoms with E-state index in [1.54, 1.807) is 30.3 Å². The summed E-state index contributed by atoms with van der Waals surface area (Å²) in [7, 11) is -3.67. The summed E-state index contributed by atoms with van der Waals surface area (Å²) >= 11 is 13.2. The molecule has 9 nitrogen and oxygen atoms in total. The van der Waals surface area contributed by atoms with Crippen LogP contribution in [0.5, 0.6) is 0 Å². The normalized spacial score (nSPS) is 28.5. The highest BCUT2D eigenvalue weighted by Crippen LogP contribution is 2.56. The number of carbonyl (C=O) groups is 2. The Morgan fingerprint density at radius 1 is 1.10 bits per heavy atom. The van der Waals surface area contributed by atoms with Crippen molar-refractivity contribution in [3.8, 4) is 0 Å². The number of rotatable bonds is 7. The number of sulfonamides is 1. The lowest BCUT2D eigenvalue weighted by atomic mass is 9.87. The zero-order valence-electron chi connectivity index (χ0n) is 21.0. The highest BCUT2D eigenvalue weighted by atomic mass is 35.5. The van der Waals surface area contributed by atoms with Crippen LogP contribution in [-0.2, 0) is 25.2 Å². The van der Waals surface area contributed by atoms with E-state index >= 15 is 0 Å². The van der Waals surface area contributed by atoms with Crippen LogP contribution in [0.2, 0.25) is 10.0 Å². The Hall–Kier alpha value is -2.63. The van der Waals surface area contributed by atoms with Gasteiger partial charge in [-0.25, -0.2) is 17.9 Å². The van der Waals surface area contributed by atoms with E-state index in [1.807, 2.05) is 21.9 Å². The Balaban J connectivity index is 1.33. The SMILES string of the molecule is CS(=O)(=O)NC(=O)c1ccc(C23CC(CN2)C(N2OC(C4CC4)=C(C(=O)O)C2c2c(Cl)cccc2Cl)C3)cc1. The van der Waals surface area contributed by atoms with Gasteiger partial charge in [0.1, 0.15) is 17.4 Å². The van der Waals surface area contributed by atoms with Crippen molar-refractivity contribution >= 4 is 45.1 Å². The standard InChI is InChI=1S/C27H27Cl2N3O6S/c1-39(36,37)31-25(33)15-7-9-17(10-8-15)27-11-16(13-30-27)20(12-27)32-23(21-18(28)3-2-4-19(21)29)22(26(34)35)24(38-32)14-5-6-14/h2-4,7-10,14,16,20,23,30H,5-6,11-13H2,1H3,(H,31,33)(H,34,35). The van der Waals surface area contributed by atoms with Gasteiger partial charge < -0.3 is 15.3 Å². The van der Waals surface area contributed by atoms with Gasteiger partial charge in [0, 0.05) is 39.2 Å². The molecule has 0 radical (unpaired) electrons. The van der Waals surface area contributed by atoms with E-state index < -0.39 is 33.5 Å². The highest BCUT2D eigenvalue weighted by Gasteiger charge is 2.58. The summed E-state index contributed by atoms with van der Waals surface area (Å²) in [4.78, 5) is 31.3. The molecule has 12 heteroatoms. The molecule has 2 bridgehead atoms. The monoisotopic (exact) mass is 591 g/mol. The molecule has 2 aromatic carbocycles. The molecular weight excluding hydrogens is 565 g/mol. The number of hydroxylamine groups is 2. The zero-order chi connectivity index (χ0) is 27.7. The van der Waals surface area contributed by atoms with E-state index in [9.17, 15) is 23.1 Å². The minimum atomic E-state index is -3.67. The Kier molecular flexibility index (Phi) is 6.47. The molecule has 4 aliphatic rings. The lowest BCUT2D eigenvalue weighted by molar-refractivity contribution is -0.167. The van der Waals surface area contributed by atoms with Gasteiger partial charge in [-0.2, -0.15) is 0 Å². The topological polar surface area (TPSA) is 125 Å². The van der Waals surface area contributed by atoms with Crippen molar-refractivity contribution in [1.29, 1.82) is 0 Å².